The Morgan fingerprint density at radius 1 is 0.943 bits per heavy atom. The minimum atomic E-state index is -0.482. The summed E-state index contributed by atoms with van der Waals surface area (Å²) in [5.41, 5.74) is 1.84. The largest absolute Gasteiger partial charge is 0.495 e. The van der Waals surface area contributed by atoms with Gasteiger partial charge in [-0.1, -0.05) is 29.8 Å². The van der Waals surface area contributed by atoms with Crippen LogP contribution >= 0.6 is 11.6 Å². The number of halogens is 1. The summed E-state index contributed by atoms with van der Waals surface area (Å²) in [5.74, 6) is -0.299. The fourth-order valence-corrected chi connectivity index (χ4v) is 3.57. The highest BCUT2D eigenvalue weighted by Gasteiger charge is 2.19. The number of methoxy groups -OCH3 is 1. The smallest absolute Gasteiger partial charge is 0.259 e. The maximum atomic E-state index is 13.0. The van der Waals surface area contributed by atoms with Crippen molar-refractivity contribution in [3.63, 3.8) is 0 Å². The molecule has 2 heterocycles. The highest BCUT2D eigenvalue weighted by atomic mass is 35.5. The first-order valence-corrected chi connectivity index (χ1v) is 10.9. The van der Waals surface area contributed by atoms with Crippen molar-refractivity contribution in [2.75, 3.05) is 17.7 Å². The first-order valence-electron chi connectivity index (χ1n) is 10.5. The molecule has 4 rings (SSSR count). The Morgan fingerprint density at radius 3 is 2.40 bits per heavy atom. The number of aromatic nitrogens is 2. The highest BCUT2D eigenvalue weighted by Crippen LogP contribution is 2.30. The molecule has 176 valence electrons. The van der Waals surface area contributed by atoms with Gasteiger partial charge >= 0.3 is 0 Å². The van der Waals surface area contributed by atoms with E-state index in [1.165, 1.54) is 17.9 Å². The van der Waals surface area contributed by atoms with Crippen molar-refractivity contribution in [3.8, 4) is 16.9 Å². The molecular weight excluding hydrogens is 468 g/mol. The minimum absolute atomic E-state index is 0.135. The fourth-order valence-electron chi connectivity index (χ4n) is 3.46. The average molecular weight is 489 g/mol. The zero-order valence-electron chi connectivity index (χ0n) is 18.9. The Labute approximate surface area is 206 Å². The Balaban J connectivity index is 1.59. The summed E-state index contributed by atoms with van der Waals surface area (Å²) in [5, 5.41) is 5.89. The van der Waals surface area contributed by atoms with Crippen molar-refractivity contribution < 1.29 is 14.3 Å². The lowest BCUT2D eigenvalue weighted by Gasteiger charge is -2.15. The van der Waals surface area contributed by atoms with Crippen molar-refractivity contribution in [1.82, 2.24) is 9.55 Å². The maximum absolute atomic E-state index is 13.0. The van der Waals surface area contributed by atoms with E-state index in [4.69, 9.17) is 16.3 Å². The molecule has 0 unspecified atom stereocenters. The molecule has 0 saturated heterocycles. The van der Waals surface area contributed by atoms with Gasteiger partial charge in [0, 0.05) is 30.6 Å². The molecule has 0 aliphatic rings. The van der Waals surface area contributed by atoms with Crippen molar-refractivity contribution in [2.24, 2.45) is 7.05 Å². The fraction of sp³-hybridized carbons (Fsp3) is 0.0769. The number of aryl methyl sites for hydroxylation is 1. The zero-order chi connectivity index (χ0) is 24.9. The third-order valence-corrected chi connectivity index (χ3v) is 5.50. The number of carbonyl (C=O) groups excluding carboxylic acids is 2. The predicted molar refractivity (Wildman–Crippen MR) is 135 cm³/mol. The molecule has 2 N–H and O–H groups in total. The van der Waals surface area contributed by atoms with E-state index in [1.807, 2.05) is 0 Å². The Hall–Kier alpha value is -4.43. The van der Waals surface area contributed by atoms with Crippen LogP contribution in [0.15, 0.2) is 83.9 Å². The summed E-state index contributed by atoms with van der Waals surface area (Å²) >= 11 is 5.85. The van der Waals surface area contributed by atoms with Gasteiger partial charge in [0.05, 0.1) is 23.4 Å². The third-order valence-electron chi connectivity index (χ3n) is 5.28. The van der Waals surface area contributed by atoms with Gasteiger partial charge in [0.2, 0.25) is 0 Å². The zero-order valence-corrected chi connectivity index (χ0v) is 19.7. The molecule has 0 bridgehead atoms. The van der Waals surface area contributed by atoms with Crippen LogP contribution in [0, 0.1) is 0 Å². The van der Waals surface area contributed by atoms with Gasteiger partial charge in [-0.25, -0.2) is 4.98 Å². The number of anilines is 2. The summed E-state index contributed by atoms with van der Waals surface area (Å²) in [6, 6.07) is 18.2. The van der Waals surface area contributed by atoms with Crippen LogP contribution in [-0.4, -0.2) is 28.5 Å². The SMILES string of the molecule is COc1cccc(C(=O)Nc2ccc(Cl)cn2)c1NC(=O)c1ccc(-c2cccn(C)c2=O)cc1. The van der Waals surface area contributed by atoms with Gasteiger partial charge in [-0.05, 0) is 54.1 Å². The van der Waals surface area contributed by atoms with Gasteiger partial charge in [0.15, 0.2) is 0 Å². The van der Waals surface area contributed by atoms with Crippen LogP contribution in [0.5, 0.6) is 5.75 Å². The van der Waals surface area contributed by atoms with Crippen LogP contribution in [0.25, 0.3) is 11.1 Å². The molecule has 2 aromatic carbocycles. The van der Waals surface area contributed by atoms with Crippen LogP contribution in [0.4, 0.5) is 11.5 Å². The van der Waals surface area contributed by atoms with Crippen molar-refractivity contribution in [3.05, 3.63) is 106 Å². The molecule has 0 aliphatic carbocycles. The second-order valence-corrected chi connectivity index (χ2v) is 8.00. The van der Waals surface area contributed by atoms with Gasteiger partial charge in [0.1, 0.15) is 11.6 Å². The van der Waals surface area contributed by atoms with E-state index in [2.05, 4.69) is 15.6 Å². The molecule has 9 heteroatoms. The molecule has 4 aromatic rings. The van der Waals surface area contributed by atoms with Crippen LogP contribution in [0.2, 0.25) is 5.02 Å². The van der Waals surface area contributed by atoms with E-state index in [1.54, 1.807) is 80.0 Å². The number of nitrogens with one attached hydrogen (secondary N) is 2. The summed E-state index contributed by atoms with van der Waals surface area (Å²) in [4.78, 5) is 42.4. The number of nitrogens with zero attached hydrogens (tertiary/aromatic N) is 2. The first-order chi connectivity index (χ1) is 16.9. The molecule has 0 saturated carbocycles. The number of hydrogen-bond donors (Lipinski definition) is 2. The van der Waals surface area contributed by atoms with Gasteiger partial charge in [-0.15, -0.1) is 0 Å². The van der Waals surface area contributed by atoms with Gasteiger partial charge < -0.3 is 19.9 Å². The summed E-state index contributed by atoms with van der Waals surface area (Å²) in [6.45, 7) is 0. The monoisotopic (exact) mass is 488 g/mol. The van der Waals surface area contributed by atoms with Crippen LogP contribution in [-0.2, 0) is 7.05 Å². The van der Waals surface area contributed by atoms with Gasteiger partial charge in [0.25, 0.3) is 17.4 Å². The van der Waals surface area contributed by atoms with Crippen molar-refractivity contribution >= 4 is 34.9 Å². The number of benzene rings is 2. The average Bonchev–Trinajstić information content (AvgIpc) is 2.87. The minimum Gasteiger partial charge on any atom is -0.495 e. The second-order valence-electron chi connectivity index (χ2n) is 7.57. The molecule has 0 radical (unpaired) electrons. The third kappa shape index (κ3) is 5.23. The number of para-hydroxylation sites is 1. The quantitative estimate of drug-likeness (QED) is 0.412. The molecule has 2 aromatic heterocycles. The van der Waals surface area contributed by atoms with E-state index in [9.17, 15) is 14.4 Å². The molecule has 0 fully saturated rings. The number of pyridine rings is 2. The standard InChI is InChI=1S/C26H21ClN4O4/c1-31-14-4-6-19(26(31)34)16-8-10-17(11-9-16)24(32)30-23-20(5-3-7-21(23)35-2)25(33)29-22-13-12-18(27)15-28-22/h3-15H,1-2H3,(H,30,32)(H,28,29,33). The first kappa shape index (κ1) is 23.7. The lowest BCUT2D eigenvalue weighted by Crippen LogP contribution is -2.19. The molecule has 8 nitrogen and oxygen atoms in total. The molecular formula is C26H21ClN4O4. The number of carbonyl (C=O) groups is 2. The lowest BCUT2D eigenvalue weighted by atomic mass is 10.0. The van der Waals surface area contributed by atoms with Crippen LogP contribution < -0.4 is 20.9 Å². The van der Waals surface area contributed by atoms with Gasteiger partial charge in [-0.2, -0.15) is 0 Å². The van der Waals surface area contributed by atoms with Crippen molar-refractivity contribution in [1.29, 1.82) is 0 Å². The maximum Gasteiger partial charge on any atom is 0.259 e. The number of amides is 2. The summed E-state index contributed by atoms with van der Waals surface area (Å²) < 4.78 is 6.87. The molecule has 2 amide bonds. The molecule has 0 atom stereocenters. The number of ether oxygens (including phenoxy) is 1. The van der Waals surface area contributed by atoms with E-state index >= 15 is 0 Å². The lowest BCUT2D eigenvalue weighted by molar-refractivity contribution is 0.102. The van der Waals surface area contributed by atoms with Crippen molar-refractivity contribution in [2.45, 2.75) is 0 Å². The molecule has 0 spiro atoms. The van der Waals surface area contributed by atoms with Gasteiger partial charge in [-0.3, -0.25) is 14.4 Å². The molecule has 0 aliphatic heterocycles. The van der Waals surface area contributed by atoms with Crippen LogP contribution in [0.1, 0.15) is 20.7 Å². The normalized spacial score (nSPS) is 10.5. The number of rotatable bonds is 6. The Kier molecular flexibility index (Phi) is 6.93. The summed E-state index contributed by atoms with van der Waals surface area (Å²) in [6.07, 6.45) is 3.10. The Bertz CT molecular complexity index is 1450. The van der Waals surface area contributed by atoms with E-state index in [-0.39, 0.29) is 16.8 Å². The topological polar surface area (TPSA) is 102 Å². The van der Waals surface area contributed by atoms with E-state index in [0.29, 0.717) is 33.3 Å². The Morgan fingerprint density at radius 2 is 1.71 bits per heavy atom. The van der Waals surface area contributed by atoms with E-state index < -0.39 is 11.8 Å². The molecule has 35 heavy (non-hydrogen) atoms. The second kappa shape index (κ2) is 10.2. The van der Waals surface area contributed by atoms with E-state index in [0.717, 1.165) is 0 Å². The summed E-state index contributed by atoms with van der Waals surface area (Å²) in [7, 11) is 3.13. The predicted octanol–water partition coefficient (Wildman–Crippen LogP) is 4.61. The number of hydrogen-bond acceptors (Lipinski definition) is 5. The van der Waals surface area contributed by atoms with Crippen LogP contribution in [0.3, 0.4) is 0 Å². The highest BCUT2D eigenvalue weighted by molar-refractivity contribution is 6.30.